The van der Waals surface area contributed by atoms with Gasteiger partial charge in [0.05, 0.1) is 0 Å². The number of fused-ring (bicyclic) bond motifs is 1. The normalized spacial score (nSPS) is 10.9. The first-order chi connectivity index (χ1) is 9.43. The molecule has 5 heteroatoms. The van der Waals surface area contributed by atoms with Gasteiger partial charge in [0.1, 0.15) is 0 Å². The number of aromatic nitrogens is 2. The van der Waals surface area contributed by atoms with Gasteiger partial charge in [0, 0.05) is 12.4 Å². The predicted molar refractivity (Wildman–Crippen MR) is 78.2 cm³/mol. The molecular weight excluding hydrogens is 482 g/mol. The summed E-state index contributed by atoms with van der Waals surface area (Å²) in [5, 5.41) is 6.72. The Morgan fingerprint density at radius 3 is 2.50 bits per heavy atom. The average molecular weight is 496 g/mol. The Morgan fingerprint density at radius 2 is 1.95 bits per heavy atom. The Labute approximate surface area is 161 Å². The van der Waals surface area contributed by atoms with Gasteiger partial charge in [-0.1, -0.05) is 6.07 Å². The van der Waals surface area contributed by atoms with E-state index in [-0.39, 0.29) is 50.7 Å². The predicted octanol–water partition coefficient (Wildman–Crippen LogP) is -1.94. The van der Waals surface area contributed by atoms with Crippen molar-refractivity contribution in [2.75, 3.05) is 0 Å². The van der Waals surface area contributed by atoms with Crippen molar-refractivity contribution in [2.45, 2.75) is 6.42 Å². The van der Waals surface area contributed by atoms with Crippen LogP contribution in [0, 0.1) is 6.08 Å². The molecule has 0 saturated heterocycles. The van der Waals surface area contributed by atoms with Crippen LogP contribution >= 0.6 is 0 Å². The number of nitrogens with zero attached hydrogens (tertiary/aromatic N) is 2. The first-order valence-corrected chi connectivity index (χ1v) is 6.31. The molecule has 1 heterocycles. The van der Waals surface area contributed by atoms with Crippen LogP contribution in [0.3, 0.4) is 0 Å². The third kappa shape index (κ3) is 5.31. The van der Waals surface area contributed by atoms with Crippen LogP contribution in [-0.2, 0) is 25.8 Å². The summed E-state index contributed by atoms with van der Waals surface area (Å²) in [5.41, 5.74) is 1.12. The van der Waals surface area contributed by atoms with Gasteiger partial charge in [0.25, 0.3) is 0 Å². The fraction of sp³-hybridized carbons (Fsp3) is 0.0588. The fourth-order valence-corrected chi connectivity index (χ4v) is 2.03. The molecule has 4 rings (SSSR count). The first kappa shape index (κ1) is 21.0. The van der Waals surface area contributed by atoms with Crippen LogP contribution in [0.15, 0.2) is 73.1 Å². The molecule has 1 aromatic heterocycles. The molecule has 0 atom stereocenters. The first-order valence-electron chi connectivity index (χ1n) is 6.31. The number of hydrogen-bond donors (Lipinski definition) is 0. The van der Waals surface area contributed by atoms with Crippen LogP contribution < -0.4 is 24.8 Å². The summed E-state index contributed by atoms with van der Waals surface area (Å²) >= 11 is 0. The van der Waals surface area contributed by atoms with Crippen molar-refractivity contribution < 1.29 is 50.7 Å². The van der Waals surface area contributed by atoms with Gasteiger partial charge in [-0.3, -0.25) is 10.8 Å². The molecule has 0 aliphatic heterocycles. The van der Waals surface area contributed by atoms with Crippen LogP contribution in [0.5, 0.6) is 0 Å². The van der Waals surface area contributed by atoms with Gasteiger partial charge in [-0.25, -0.2) is 12.2 Å². The number of hydrogen-bond acceptors (Lipinski definition) is 1. The Hall–Kier alpha value is -1.03. The molecule has 0 saturated carbocycles. The van der Waals surface area contributed by atoms with E-state index >= 15 is 0 Å². The maximum absolute atomic E-state index is 4.20. The molecule has 1 aliphatic rings. The summed E-state index contributed by atoms with van der Waals surface area (Å²) in [7, 11) is 0. The van der Waals surface area contributed by atoms with E-state index in [1.54, 1.807) is 6.20 Å². The van der Waals surface area contributed by atoms with Crippen molar-refractivity contribution in [2.24, 2.45) is 0 Å². The summed E-state index contributed by atoms with van der Waals surface area (Å²) in [4.78, 5) is 0. The second-order valence-corrected chi connectivity index (χ2v) is 4.30. The van der Waals surface area contributed by atoms with Gasteiger partial charge >= 0.3 is 25.8 Å². The minimum atomic E-state index is 0. The molecule has 0 amide bonds. The summed E-state index contributed by atoms with van der Waals surface area (Å²) in [6.07, 6.45) is 13.7. The van der Waals surface area contributed by atoms with E-state index in [1.807, 2.05) is 29.1 Å². The molecule has 0 spiro atoms. The Balaban J connectivity index is 0.000000482. The van der Waals surface area contributed by atoms with Crippen LogP contribution in [0.4, 0.5) is 0 Å². The third-order valence-electron chi connectivity index (χ3n) is 2.96. The Bertz CT molecular complexity index is 672. The number of halogens is 2. The summed E-state index contributed by atoms with van der Waals surface area (Å²) in [5.74, 6) is 0. The van der Waals surface area contributed by atoms with Gasteiger partial charge in [0.2, 0.25) is 0 Å². The van der Waals surface area contributed by atoms with E-state index in [4.69, 9.17) is 0 Å². The standard InChI is InChI=1S/C12H9N2.C5H5.2ClH.Hf/c1-2-5-11-9-12(8-10(11)4-1)14-7-3-6-13-14;1-2-4-5-3-1;;;/h1-9H;1-3H,4H2;2*1H;/q2*-1;;;+4/p-2. The van der Waals surface area contributed by atoms with Crippen molar-refractivity contribution in [3.8, 4) is 5.69 Å². The molecule has 0 radical (unpaired) electrons. The van der Waals surface area contributed by atoms with Gasteiger partial charge in [-0.05, 0) is 11.8 Å². The molecule has 0 N–H and O–H groups in total. The van der Waals surface area contributed by atoms with E-state index in [2.05, 4.69) is 53.6 Å². The second-order valence-electron chi connectivity index (χ2n) is 4.30. The maximum Gasteiger partial charge on any atom is 4.00 e. The largest absolute Gasteiger partial charge is 4.00 e. The van der Waals surface area contributed by atoms with Crippen LogP contribution in [0.2, 0.25) is 0 Å². The number of rotatable bonds is 1. The van der Waals surface area contributed by atoms with Crippen molar-refractivity contribution >= 4 is 10.8 Å². The molecule has 0 fully saturated rings. The summed E-state index contributed by atoms with van der Waals surface area (Å²) in [6.45, 7) is 0. The van der Waals surface area contributed by atoms with Crippen molar-refractivity contribution in [1.29, 1.82) is 0 Å². The molecule has 2 aromatic carbocycles. The summed E-state index contributed by atoms with van der Waals surface area (Å²) in [6, 6.07) is 14.5. The van der Waals surface area contributed by atoms with Gasteiger partial charge in [0.15, 0.2) is 0 Å². The molecule has 1 aliphatic carbocycles. The van der Waals surface area contributed by atoms with E-state index in [0.717, 1.165) is 12.1 Å². The zero-order chi connectivity index (χ0) is 12.9. The minimum Gasteiger partial charge on any atom is -1.00 e. The van der Waals surface area contributed by atoms with Gasteiger partial charge < -0.3 is 24.8 Å². The Kier molecular flexibility index (Phi) is 10.2. The van der Waals surface area contributed by atoms with Gasteiger partial charge in [-0.15, -0.1) is 47.5 Å². The van der Waals surface area contributed by atoms with Crippen LogP contribution in [0.1, 0.15) is 6.42 Å². The maximum atomic E-state index is 4.20. The monoisotopic (exact) mass is 496 g/mol. The molecule has 0 bridgehead atoms. The zero-order valence-electron chi connectivity index (χ0n) is 11.8. The minimum absolute atomic E-state index is 0. The van der Waals surface area contributed by atoms with Gasteiger partial charge in [-0.2, -0.15) is 11.2 Å². The quantitative estimate of drug-likeness (QED) is 0.284. The molecule has 110 valence electrons. The second kappa shape index (κ2) is 10.7. The number of benzene rings is 1. The van der Waals surface area contributed by atoms with Crippen molar-refractivity contribution in [3.63, 3.8) is 0 Å². The summed E-state index contributed by atoms with van der Waals surface area (Å²) < 4.78 is 1.88. The van der Waals surface area contributed by atoms with Crippen LogP contribution in [0.25, 0.3) is 16.5 Å². The fourth-order valence-electron chi connectivity index (χ4n) is 2.03. The topological polar surface area (TPSA) is 17.8 Å². The molecule has 2 nitrogen and oxygen atoms in total. The number of allylic oxidation sites excluding steroid dienone is 4. The average Bonchev–Trinajstić information content (AvgIpc) is 3.20. The Morgan fingerprint density at radius 1 is 1.14 bits per heavy atom. The van der Waals surface area contributed by atoms with E-state index in [0.29, 0.717) is 0 Å². The van der Waals surface area contributed by atoms with Crippen molar-refractivity contribution in [3.05, 3.63) is 79.2 Å². The molecule has 0 unspecified atom stereocenters. The SMILES string of the molecule is [C-]1=CC=CC1.[Cl-].[Cl-].[Hf+4].c1ccc2[cH-]c(-n3cccn3)cc2c1. The third-order valence-corrected chi connectivity index (χ3v) is 2.96. The van der Waals surface area contributed by atoms with Crippen molar-refractivity contribution in [1.82, 2.24) is 9.78 Å². The molecule has 3 aromatic rings. The smallest absolute Gasteiger partial charge is 1.00 e. The van der Waals surface area contributed by atoms with E-state index < -0.39 is 0 Å². The van der Waals surface area contributed by atoms with Crippen LogP contribution in [-0.4, -0.2) is 9.78 Å². The molecule has 22 heavy (non-hydrogen) atoms. The zero-order valence-corrected chi connectivity index (χ0v) is 16.9. The molecular formula is C17H14Cl2HfN2. The van der Waals surface area contributed by atoms with E-state index in [1.165, 1.54) is 10.8 Å². The van der Waals surface area contributed by atoms with E-state index in [9.17, 15) is 0 Å².